The van der Waals surface area contributed by atoms with Gasteiger partial charge in [-0.25, -0.2) is 9.97 Å². The zero-order valence-electron chi connectivity index (χ0n) is 43.8. The second-order valence-corrected chi connectivity index (χ2v) is 21.2. The van der Waals surface area contributed by atoms with E-state index >= 15 is 0 Å². The summed E-state index contributed by atoms with van der Waals surface area (Å²) in [6.07, 6.45) is 1.90. The van der Waals surface area contributed by atoms with Gasteiger partial charge in [-0.05, 0) is 154 Å². The Labute approximate surface area is 465 Å². The van der Waals surface area contributed by atoms with E-state index in [4.69, 9.17) is 14.4 Å². The quantitative estimate of drug-likeness (QED) is 0.149. The Kier molecular flexibility index (Phi) is 9.94. The van der Waals surface area contributed by atoms with Gasteiger partial charge in [-0.2, -0.15) is 0 Å². The van der Waals surface area contributed by atoms with E-state index in [1.165, 1.54) is 64.6 Å². The summed E-state index contributed by atoms with van der Waals surface area (Å²) < 4.78 is 9.51. The molecule has 0 spiro atoms. The monoisotopic (exact) mass is 1030 g/mol. The number of anilines is 3. The molecular formula is C76H46N4O. The maximum atomic E-state index is 7.15. The molecule has 17 rings (SSSR count). The molecule has 17 aromatic rings. The molecule has 0 aliphatic rings. The van der Waals surface area contributed by atoms with Crippen LogP contribution in [0.3, 0.4) is 0 Å². The fourth-order valence-corrected chi connectivity index (χ4v) is 13.1. The lowest BCUT2D eigenvalue weighted by Crippen LogP contribution is -2.10. The number of rotatable bonds is 7. The number of aromatic nitrogens is 3. The van der Waals surface area contributed by atoms with Gasteiger partial charge in [-0.3, -0.25) is 4.57 Å². The van der Waals surface area contributed by atoms with Crippen LogP contribution < -0.4 is 4.90 Å². The van der Waals surface area contributed by atoms with Gasteiger partial charge in [-0.15, -0.1) is 0 Å². The SMILES string of the molecule is c1ccc(-c2cccc(N(c3ccc4c(c3)oc3ccc5c6cc7c8ccccc8c8ccccc8c7cc6n(-c6ccnc(-c7ccccc7-c7ccccc7)n6)c5c34)c3ccc4ccc5c6ccccc6ccc5c4c3)c2)cc1. The summed E-state index contributed by atoms with van der Waals surface area (Å²) in [6.45, 7) is 0. The number of benzene rings is 14. The molecule has 0 aliphatic carbocycles. The number of hydrogen-bond donors (Lipinski definition) is 0. The first kappa shape index (κ1) is 45.2. The molecule has 5 heteroatoms. The first-order valence-electron chi connectivity index (χ1n) is 27.6. The second-order valence-electron chi connectivity index (χ2n) is 21.2. The highest BCUT2D eigenvalue weighted by Gasteiger charge is 2.24. The molecule has 81 heavy (non-hydrogen) atoms. The number of furan rings is 1. The van der Waals surface area contributed by atoms with Crippen molar-refractivity contribution in [3.63, 3.8) is 0 Å². The zero-order valence-corrected chi connectivity index (χ0v) is 43.8. The van der Waals surface area contributed by atoms with E-state index in [1.54, 1.807) is 0 Å². The van der Waals surface area contributed by atoms with Gasteiger partial charge < -0.3 is 9.32 Å². The van der Waals surface area contributed by atoms with Crippen LogP contribution in [0.5, 0.6) is 0 Å². The highest BCUT2D eigenvalue weighted by atomic mass is 16.3. The van der Waals surface area contributed by atoms with E-state index in [0.717, 1.165) is 94.4 Å². The molecule has 0 radical (unpaired) electrons. The van der Waals surface area contributed by atoms with Crippen LogP contribution in [0.4, 0.5) is 17.1 Å². The maximum Gasteiger partial charge on any atom is 0.162 e. The second kappa shape index (κ2) is 17.8. The van der Waals surface area contributed by atoms with Crippen LogP contribution >= 0.6 is 0 Å². The minimum atomic E-state index is 0.652. The average Bonchev–Trinajstić information content (AvgIpc) is 4.31. The van der Waals surface area contributed by atoms with E-state index in [1.807, 2.05) is 12.3 Å². The summed E-state index contributed by atoms with van der Waals surface area (Å²) in [6, 6.07) is 98.6. The van der Waals surface area contributed by atoms with Gasteiger partial charge in [-0.1, -0.05) is 200 Å². The third-order valence-electron chi connectivity index (χ3n) is 16.8. The van der Waals surface area contributed by atoms with Crippen molar-refractivity contribution in [3.8, 4) is 39.5 Å². The summed E-state index contributed by atoms with van der Waals surface area (Å²) in [4.78, 5) is 12.9. The Morgan fingerprint density at radius 2 is 0.877 bits per heavy atom. The normalized spacial score (nSPS) is 12.0. The molecule has 0 saturated carbocycles. The van der Waals surface area contributed by atoms with Crippen LogP contribution in [0.15, 0.2) is 284 Å². The van der Waals surface area contributed by atoms with Crippen LogP contribution in [0, 0.1) is 0 Å². The van der Waals surface area contributed by atoms with Gasteiger partial charge in [0.05, 0.1) is 16.4 Å². The molecular weight excluding hydrogens is 985 g/mol. The Bertz CT molecular complexity index is 5430. The Hall–Kier alpha value is -10.9. The van der Waals surface area contributed by atoms with Crippen molar-refractivity contribution < 1.29 is 4.42 Å². The third-order valence-corrected chi connectivity index (χ3v) is 16.8. The van der Waals surface area contributed by atoms with Crippen molar-refractivity contribution in [3.05, 3.63) is 279 Å². The van der Waals surface area contributed by atoms with Gasteiger partial charge in [0.2, 0.25) is 0 Å². The lowest BCUT2D eigenvalue weighted by Gasteiger charge is -2.26. The van der Waals surface area contributed by atoms with E-state index in [2.05, 4.69) is 276 Å². The standard InChI is InChI=1S/C76H46N4O/c1-3-16-47(17-4-1)51-21-15-22-52(42-51)79(53-33-30-50-32-35-61-55-23-8-7-20-49(55)31-36-62(61)66(50)43-53)54-34-37-65-72(44-54)81-71-39-38-63-69-45-67-59-27-12-10-25-57(59)58-26-11-13-28-60(58)68(67)46-70(69)80(75(63)74(65)71)73-40-41-77-76(78-73)64-29-14-9-24-56(64)48-18-5-2-6-19-48/h1-46H. The van der Waals surface area contributed by atoms with Gasteiger partial charge in [0, 0.05) is 51.0 Å². The van der Waals surface area contributed by atoms with E-state index in [0.29, 0.717) is 5.82 Å². The van der Waals surface area contributed by atoms with Crippen LogP contribution in [-0.4, -0.2) is 14.5 Å². The number of hydrogen-bond acceptors (Lipinski definition) is 4. The van der Waals surface area contributed by atoms with Gasteiger partial charge in [0.1, 0.15) is 17.0 Å². The molecule has 14 aromatic carbocycles. The molecule has 0 aliphatic heterocycles. The van der Waals surface area contributed by atoms with Crippen LogP contribution in [-0.2, 0) is 0 Å². The van der Waals surface area contributed by atoms with Crippen molar-refractivity contribution in [1.82, 2.24) is 14.5 Å². The molecule has 5 nitrogen and oxygen atoms in total. The fourth-order valence-electron chi connectivity index (χ4n) is 13.1. The Morgan fingerprint density at radius 3 is 1.65 bits per heavy atom. The summed E-state index contributed by atoms with van der Waals surface area (Å²) in [5.74, 6) is 1.42. The highest BCUT2D eigenvalue weighted by Crippen LogP contribution is 2.47. The molecule has 376 valence electrons. The predicted molar refractivity (Wildman–Crippen MR) is 340 cm³/mol. The molecule has 0 unspecified atom stereocenters. The van der Waals surface area contributed by atoms with Crippen LogP contribution in [0.1, 0.15) is 0 Å². The molecule has 0 N–H and O–H groups in total. The first-order valence-corrected chi connectivity index (χ1v) is 27.6. The third kappa shape index (κ3) is 7.05. The van der Waals surface area contributed by atoms with Crippen LogP contribution in [0.25, 0.3) is 148 Å². The van der Waals surface area contributed by atoms with Crippen molar-refractivity contribution in [2.45, 2.75) is 0 Å². The molecule has 3 aromatic heterocycles. The average molecular weight is 1030 g/mol. The Morgan fingerprint density at radius 1 is 0.321 bits per heavy atom. The lowest BCUT2D eigenvalue weighted by molar-refractivity contribution is 0.669. The van der Waals surface area contributed by atoms with E-state index < -0.39 is 0 Å². The summed E-state index contributed by atoms with van der Waals surface area (Å²) >= 11 is 0. The first-order chi connectivity index (χ1) is 40.2. The molecule has 0 amide bonds. The van der Waals surface area contributed by atoms with Gasteiger partial charge in [0.15, 0.2) is 5.82 Å². The topological polar surface area (TPSA) is 47.1 Å². The van der Waals surface area contributed by atoms with E-state index in [9.17, 15) is 0 Å². The lowest BCUT2D eigenvalue weighted by atomic mass is 9.93. The number of fused-ring (bicyclic) bond motifs is 18. The summed E-state index contributed by atoms with van der Waals surface area (Å²) in [5, 5.41) is 19.0. The summed E-state index contributed by atoms with van der Waals surface area (Å²) in [5.41, 5.74) is 12.2. The predicted octanol–water partition coefficient (Wildman–Crippen LogP) is 20.9. The van der Waals surface area contributed by atoms with Crippen molar-refractivity contribution in [2.24, 2.45) is 0 Å². The molecule has 0 fully saturated rings. The smallest absolute Gasteiger partial charge is 0.162 e. The molecule has 0 atom stereocenters. The van der Waals surface area contributed by atoms with Gasteiger partial charge >= 0.3 is 0 Å². The highest BCUT2D eigenvalue weighted by molar-refractivity contribution is 6.31. The Balaban J connectivity index is 0.920. The molecule has 0 saturated heterocycles. The van der Waals surface area contributed by atoms with Crippen molar-refractivity contribution in [2.75, 3.05) is 4.90 Å². The molecule has 0 bridgehead atoms. The van der Waals surface area contributed by atoms with Crippen molar-refractivity contribution in [1.29, 1.82) is 0 Å². The van der Waals surface area contributed by atoms with Crippen LogP contribution in [0.2, 0.25) is 0 Å². The maximum absolute atomic E-state index is 7.15. The number of nitrogens with zero attached hydrogens (tertiary/aromatic N) is 4. The zero-order chi connectivity index (χ0) is 53.1. The summed E-state index contributed by atoms with van der Waals surface area (Å²) in [7, 11) is 0. The van der Waals surface area contributed by atoms with Gasteiger partial charge in [0.25, 0.3) is 0 Å². The van der Waals surface area contributed by atoms with E-state index in [-0.39, 0.29) is 0 Å². The minimum Gasteiger partial charge on any atom is -0.456 e. The molecule has 3 heterocycles. The van der Waals surface area contributed by atoms with Crippen molar-refractivity contribution >= 4 is 125 Å². The largest absolute Gasteiger partial charge is 0.456 e. The minimum absolute atomic E-state index is 0.652. The fraction of sp³-hybridized carbons (Fsp3) is 0.